The summed E-state index contributed by atoms with van der Waals surface area (Å²) in [5.74, 6) is 0. The number of rotatable bonds is 6. The zero-order valence-electron chi connectivity index (χ0n) is 14.0. The molecule has 0 unspecified atom stereocenters. The molecule has 2 heteroatoms. The van der Waals surface area contributed by atoms with E-state index in [2.05, 4.69) is 69.0 Å². The van der Waals surface area contributed by atoms with E-state index in [1.165, 1.54) is 43.4 Å². The first-order valence-electron chi connectivity index (χ1n) is 8.27. The Kier molecular flexibility index (Phi) is 7.68. The molecule has 0 aliphatic carbocycles. The van der Waals surface area contributed by atoms with Gasteiger partial charge in [-0.05, 0) is 24.5 Å². The molecule has 2 nitrogen and oxygen atoms in total. The van der Waals surface area contributed by atoms with Gasteiger partial charge in [0.1, 0.15) is 0 Å². The second-order valence-electron chi connectivity index (χ2n) is 5.70. The van der Waals surface area contributed by atoms with Gasteiger partial charge in [0.05, 0.1) is 12.2 Å². The molecule has 20 heavy (non-hydrogen) atoms. The van der Waals surface area contributed by atoms with E-state index in [9.17, 15) is 0 Å². The van der Waals surface area contributed by atoms with Crippen molar-refractivity contribution in [1.29, 1.82) is 0 Å². The van der Waals surface area contributed by atoms with E-state index in [0.29, 0.717) is 6.04 Å². The zero-order chi connectivity index (χ0) is 15.0. The van der Waals surface area contributed by atoms with Crippen LogP contribution in [0, 0.1) is 0 Å². The van der Waals surface area contributed by atoms with Crippen molar-refractivity contribution in [1.82, 2.24) is 5.01 Å². The summed E-state index contributed by atoms with van der Waals surface area (Å²) in [4.78, 5) is 0. The molecular formula is C18H32N2. The standard InChI is InChI=1S/C15H24N2.C3H8/c1-4-8-14(9-5-2)16(3)17-12-13-10-6-7-11-15(13)17;1-3-2/h6-7,10-11,14H,4-5,8-9,12H2,1-3H3;3H2,1-2H3. The molecule has 0 N–H and O–H groups in total. The summed E-state index contributed by atoms with van der Waals surface area (Å²) in [5, 5.41) is 4.88. The van der Waals surface area contributed by atoms with E-state index >= 15 is 0 Å². The molecule has 0 radical (unpaired) electrons. The molecule has 0 bridgehead atoms. The van der Waals surface area contributed by atoms with Crippen LogP contribution in [-0.2, 0) is 6.54 Å². The number of fused-ring (bicyclic) bond motifs is 1. The van der Waals surface area contributed by atoms with Gasteiger partial charge in [0.2, 0.25) is 0 Å². The Balaban J connectivity index is 0.000000612. The first-order valence-corrected chi connectivity index (χ1v) is 8.27. The number of hydrazine groups is 1. The van der Waals surface area contributed by atoms with Crippen LogP contribution in [0.3, 0.4) is 0 Å². The molecular weight excluding hydrogens is 244 g/mol. The number of benzene rings is 1. The Labute approximate surface area is 125 Å². The first-order chi connectivity index (χ1) is 9.69. The summed E-state index contributed by atoms with van der Waals surface area (Å²) in [6, 6.07) is 9.41. The van der Waals surface area contributed by atoms with Crippen LogP contribution in [-0.4, -0.2) is 18.1 Å². The summed E-state index contributed by atoms with van der Waals surface area (Å²) < 4.78 is 0. The predicted octanol–water partition coefficient (Wildman–Crippen LogP) is 5.24. The second kappa shape index (κ2) is 9.02. The van der Waals surface area contributed by atoms with Gasteiger partial charge in [0.25, 0.3) is 0 Å². The van der Waals surface area contributed by atoms with Gasteiger partial charge < -0.3 is 5.01 Å². The van der Waals surface area contributed by atoms with Gasteiger partial charge in [-0.2, -0.15) is 0 Å². The van der Waals surface area contributed by atoms with Crippen molar-refractivity contribution in [3.8, 4) is 0 Å². The molecule has 1 aliphatic rings. The minimum atomic E-state index is 0.693. The Hall–Kier alpha value is -1.02. The molecule has 0 atom stereocenters. The van der Waals surface area contributed by atoms with Gasteiger partial charge in [0.15, 0.2) is 0 Å². The summed E-state index contributed by atoms with van der Waals surface area (Å²) >= 11 is 0. The summed E-state index contributed by atoms with van der Waals surface area (Å²) in [6.45, 7) is 9.89. The SMILES string of the molecule is CCC.CCCC(CCC)N(C)N1Cc2ccccc21. The lowest BCUT2D eigenvalue weighted by molar-refractivity contribution is 0.183. The lowest BCUT2D eigenvalue weighted by Gasteiger charge is -2.46. The van der Waals surface area contributed by atoms with E-state index < -0.39 is 0 Å². The third kappa shape index (κ3) is 4.24. The average Bonchev–Trinajstić information content (AvgIpc) is 2.41. The van der Waals surface area contributed by atoms with Gasteiger partial charge in [-0.1, -0.05) is 65.2 Å². The highest BCUT2D eigenvalue weighted by molar-refractivity contribution is 5.61. The number of nitrogens with zero attached hydrogens (tertiary/aromatic N) is 2. The van der Waals surface area contributed by atoms with Crippen LogP contribution in [0.2, 0.25) is 0 Å². The van der Waals surface area contributed by atoms with Gasteiger partial charge in [-0.25, -0.2) is 5.01 Å². The Bertz CT molecular complexity index is 369. The van der Waals surface area contributed by atoms with Gasteiger partial charge >= 0.3 is 0 Å². The van der Waals surface area contributed by atoms with Crippen molar-refractivity contribution in [3.63, 3.8) is 0 Å². The largest absolute Gasteiger partial charge is 0.301 e. The fourth-order valence-electron chi connectivity index (χ4n) is 2.71. The Morgan fingerprint density at radius 1 is 1.05 bits per heavy atom. The minimum absolute atomic E-state index is 0.693. The monoisotopic (exact) mass is 276 g/mol. The second-order valence-corrected chi connectivity index (χ2v) is 5.70. The molecule has 2 rings (SSSR count). The molecule has 0 spiro atoms. The molecule has 0 fully saturated rings. The van der Waals surface area contributed by atoms with E-state index in [-0.39, 0.29) is 0 Å². The predicted molar refractivity (Wildman–Crippen MR) is 90.0 cm³/mol. The highest BCUT2D eigenvalue weighted by Gasteiger charge is 2.28. The van der Waals surface area contributed by atoms with Crippen LogP contribution >= 0.6 is 0 Å². The number of hydrogen-bond acceptors (Lipinski definition) is 2. The smallest absolute Gasteiger partial charge is 0.0618 e. The first kappa shape index (κ1) is 17.0. The summed E-state index contributed by atoms with van der Waals surface area (Å²) in [7, 11) is 2.24. The number of anilines is 1. The van der Waals surface area contributed by atoms with Gasteiger partial charge in [-0.15, -0.1) is 0 Å². The maximum Gasteiger partial charge on any atom is 0.0618 e. The molecule has 1 aromatic carbocycles. The zero-order valence-corrected chi connectivity index (χ0v) is 14.0. The van der Waals surface area contributed by atoms with Crippen LogP contribution in [0.4, 0.5) is 5.69 Å². The fourth-order valence-corrected chi connectivity index (χ4v) is 2.71. The minimum Gasteiger partial charge on any atom is -0.301 e. The van der Waals surface area contributed by atoms with E-state index in [1.807, 2.05) is 0 Å². The topological polar surface area (TPSA) is 6.48 Å². The fraction of sp³-hybridized carbons (Fsp3) is 0.667. The summed E-state index contributed by atoms with van der Waals surface area (Å²) in [6.07, 6.45) is 6.38. The van der Waals surface area contributed by atoms with Crippen molar-refractivity contribution in [3.05, 3.63) is 29.8 Å². The maximum absolute atomic E-state index is 2.45. The van der Waals surface area contributed by atoms with Crippen LogP contribution in [0.5, 0.6) is 0 Å². The normalized spacial score (nSPS) is 12.8. The van der Waals surface area contributed by atoms with Crippen LogP contribution in [0.25, 0.3) is 0 Å². The molecule has 114 valence electrons. The highest BCUT2D eigenvalue weighted by atomic mass is 15.6. The summed E-state index contributed by atoms with van der Waals surface area (Å²) in [5.41, 5.74) is 2.87. The average molecular weight is 276 g/mol. The molecule has 0 saturated heterocycles. The van der Waals surface area contributed by atoms with E-state index in [1.54, 1.807) is 0 Å². The lowest BCUT2D eigenvalue weighted by Crippen LogP contribution is -2.50. The van der Waals surface area contributed by atoms with Crippen molar-refractivity contribution < 1.29 is 0 Å². The lowest BCUT2D eigenvalue weighted by atomic mass is 10.0. The maximum atomic E-state index is 2.45. The molecule has 1 aliphatic heterocycles. The highest BCUT2D eigenvalue weighted by Crippen LogP contribution is 2.34. The van der Waals surface area contributed by atoms with Crippen LogP contribution in [0.1, 0.15) is 65.4 Å². The Morgan fingerprint density at radius 2 is 1.60 bits per heavy atom. The number of hydrogen-bond donors (Lipinski definition) is 0. The van der Waals surface area contributed by atoms with E-state index in [4.69, 9.17) is 0 Å². The van der Waals surface area contributed by atoms with Crippen LogP contribution in [0.15, 0.2) is 24.3 Å². The van der Waals surface area contributed by atoms with Crippen molar-refractivity contribution in [2.45, 2.75) is 72.4 Å². The molecule has 0 saturated carbocycles. The third-order valence-corrected chi connectivity index (χ3v) is 3.74. The molecule has 0 amide bonds. The Morgan fingerprint density at radius 3 is 2.10 bits per heavy atom. The van der Waals surface area contributed by atoms with Gasteiger partial charge in [0, 0.05) is 13.1 Å². The number of para-hydroxylation sites is 1. The van der Waals surface area contributed by atoms with Crippen molar-refractivity contribution >= 4 is 5.69 Å². The molecule has 0 aromatic heterocycles. The third-order valence-electron chi connectivity index (χ3n) is 3.74. The molecule has 1 aromatic rings. The van der Waals surface area contributed by atoms with Gasteiger partial charge in [-0.3, -0.25) is 0 Å². The molecule has 1 heterocycles. The van der Waals surface area contributed by atoms with Crippen molar-refractivity contribution in [2.75, 3.05) is 12.1 Å². The van der Waals surface area contributed by atoms with Crippen molar-refractivity contribution in [2.24, 2.45) is 0 Å². The van der Waals surface area contributed by atoms with E-state index in [0.717, 1.165) is 6.54 Å². The quantitative estimate of drug-likeness (QED) is 0.701. The van der Waals surface area contributed by atoms with Crippen LogP contribution < -0.4 is 5.01 Å².